The Kier molecular flexibility index (Phi) is 65.3. The molecule has 0 aliphatic carbocycles. The molecule has 79 heavy (non-hydrogen) atoms. The Morgan fingerprint density at radius 3 is 0.772 bits per heavy atom. The van der Waals surface area contributed by atoms with Crippen LogP contribution in [0.2, 0.25) is 0 Å². The highest BCUT2D eigenvalue weighted by Gasteiger charge is 2.26. The van der Waals surface area contributed by atoms with Gasteiger partial charge in [0.15, 0.2) is 6.10 Å². The summed E-state index contributed by atoms with van der Waals surface area (Å²) < 4.78 is 33.2. The third kappa shape index (κ3) is 66.0. The fraction of sp³-hybridized carbons (Fsp3) is 0.971. The molecule has 0 radical (unpaired) electrons. The van der Waals surface area contributed by atoms with E-state index in [1.165, 1.54) is 334 Å². The number of rotatable bonds is 69. The van der Waals surface area contributed by atoms with Crippen molar-refractivity contribution >= 4 is 19.8 Å². The SMILES string of the molecule is CCCCCCCCCCCCCCCCCCCCCCCCCCCCCCCCCCCCCCCCC(=O)OC(COC(=O)CCCCCCCCCCCCCCCCCCCCCC)COP(=O)(O)OCCN. The average Bonchev–Trinajstić information content (AvgIpc) is 3.44. The summed E-state index contributed by atoms with van der Waals surface area (Å²) in [7, 11) is -4.38. The van der Waals surface area contributed by atoms with Crippen LogP contribution in [-0.4, -0.2) is 49.3 Å². The summed E-state index contributed by atoms with van der Waals surface area (Å²) in [6.07, 6.45) is 78.0. The third-order valence-corrected chi connectivity index (χ3v) is 17.5. The Bertz CT molecular complexity index is 1250. The first kappa shape index (κ1) is 78.0. The fourth-order valence-corrected chi connectivity index (χ4v) is 12.0. The maximum atomic E-state index is 12.8. The minimum atomic E-state index is -4.38. The van der Waals surface area contributed by atoms with Crippen LogP contribution in [0.3, 0.4) is 0 Å². The van der Waals surface area contributed by atoms with Crippen LogP contribution in [0.5, 0.6) is 0 Å². The van der Waals surface area contributed by atoms with Crippen molar-refractivity contribution in [2.45, 2.75) is 405 Å². The molecule has 0 aromatic rings. The van der Waals surface area contributed by atoms with Crippen molar-refractivity contribution in [3.8, 4) is 0 Å². The number of hydrogen-bond acceptors (Lipinski definition) is 8. The summed E-state index contributed by atoms with van der Waals surface area (Å²) >= 11 is 0. The van der Waals surface area contributed by atoms with E-state index in [0.29, 0.717) is 12.8 Å². The van der Waals surface area contributed by atoms with Gasteiger partial charge in [0.25, 0.3) is 0 Å². The van der Waals surface area contributed by atoms with Gasteiger partial charge in [-0.25, -0.2) is 4.57 Å². The summed E-state index contributed by atoms with van der Waals surface area (Å²) in [5.74, 6) is -0.798. The molecule has 10 heteroatoms. The highest BCUT2D eigenvalue weighted by atomic mass is 31.2. The molecule has 472 valence electrons. The molecule has 0 rings (SSSR count). The summed E-state index contributed by atoms with van der Waals surface area (Å²) in [5.41, 5.74) is 5.40. The van der Waals surface area contributed by atoms with Gasteiger partial charge in [0, 0.05) is 19.4 Å². The Morgan fingerprint density at radius 2 is 0.544 bits per heavy atom. The Morgan fingerprint density at radius 1 is 0.329 bits per heavy atom. The summed E-state index contributed by atoms with van der Waals surface area (Å²) in [4.78, 5) is 35.3. The van der Waals surface area contributed by atoms with Crippen LogP contribution >= 0.6 is 7.82 Å². The van der Waals surface area contributed by atoms with Crippen molar-refractivity contribution in [2.75, 3.05) is 26.4 Å². The van der Waals surface area contributed by atoms with Gasteiger partial charge in [0.05, 0.1) is 13.2 Å². The Labute approximate surface area is 492 Å². The number of phosphoric acid groups is 1. The fourth-order valence-electron chi connectivity index (χ4n) is 11.2. The monoisotopic (exact) mass is 1140 g/mol. The first-order chi connectivity index (χ1) is 38.8. The minimum Gasteiger partial charge on any atom is -0.462 e. The lowest BCUT2D eigenvalue weighted by Crippen LogP contribution is -2.29. The zero-order valence-corrected chi connectivity index (χ0v) is 54.1. The number of ether oxygens (including phenoxy) is 2. The van der Waals surface area contributed by atoms with Crippen LogP contribution in [0.1, 0.15) is 399 Å². The lowest BCUT2D eigenvalue weighted by Gasteiger charge is -2.19. The number of phosphoric ester groups is 1. The second kappa shape index (κ2) is 66.2. The third-order valence-electron chi connectivity index (χ3n) is 16.5. The van der Waals surface area contributed by atoms with Crippen molar-refractivity contribution in [1.29, 1.82) is 0 Å². The van der Waals surface area contributed by atoms with Crippen LogP contribution in [0.15, 0.2) is 0 Å². The van der Waals surface area contributed by atoms with E-state index in [4.69, 9.17) is 24.3 Å². The van der Waals surface area contributed by atoms with Crippen LogP contribution < -0.4 is 5.73 Å². The van der Waals surface area contributed by atoms with E-state index >= 15 is 0 Å². The van der Waals surface area contributed by atoms with Gasteiger partial charge in [-0.2, -0.15) is 0 Å². The average molecular weight is 1140 g/mol. The van der Waals surface area contributed by atoms with Gasteiger partial charge in [-0.05, 0) is 12.8 Å². The molecule has 2 atom stereocenters. The van der Waals surface area contributed by atoms with E-state index in [2.05, 4.69) is 13.8 Å². The van der Waals surface area contributed by atoms with E-state index < -0.39 is 26.5 Å². The summed E-state index contributed by atoms with van der Waals surface area (Å²) in [5, 5.41) is 0. The molecule has 0 aromatic carbocycles. The van der Waals surface area contributed by atoms with Gasteiger partial charge >= 0.3 is 19.8 Å². The molecule has 0 aliphatic rings. The zero-order chi connectivity index (χ0) is 57.3. The molecule has 0 aliphatic heterocycles. The van der Waals surface area contributed by atoms with Gasteiger partial charge in [-0.3, -0.25) is 18.6 Å². The largest absolute Gasteiger partial charge is 0.472 e. The Balaban J connectivity index is 3.73. The van der Waals surface area contributed by atoms with Crippen LogP contribution in [-0.2, 0) is 32.7 Å². The standard InChI is InChI=1S/C69H138NO8P/c1-3-5-7-9-11-13-15-17-19-21-23-25-26-27-28-29-30-31-32-33-34-35-36-37-38-39-40-41-42-44-46-48-50-52-54-56-58-60-62-69(72)78-67(66-77-79(73,74)76-64-63-70)65-75-68(71)61-59-57-55-53-51-49-47-45-43-24-22-20-18-16-14-12-10-8-6-4-2/h67H,3-66,70H2,1-2H3,(H,73,74). The van der Waals surface area contributed by atoms with Crippen molar-refractivity contribution in [2.24, 2.45) is 5.73 Å². The van der Waals surface area contributed by atoms with E-state index in [9.17, 15) is 19.0 Å². The second-order valence-electron chi connectivity index (χ2n) is 24.5. The molecule has 3 N–H and O–H groups in total. The van der Waals surface area contributed by atoms with E-state index in [0.717, 1.165) is 32.1 Å². The van der Waals surface area contributed by atoms with Crippen molar-refractivity contribution in [1.82, 2.24) is 0 Å². The number of carbonyl (C=O) groups excluding carboxylic acids is 2. The van der Waals surface area contributed by atoms with Crippen LogP contribution in [0.4, 0.5) is 0 Å². The molecule has 0 bridgehead atoms. The number of unbranched alkanes of at least 4 members (excludes halogenated alkanes) is 56. The van der Waals surface area contributed by atoms with E-state index in [1.807, 2.05) is 0 Å². The molecule has 0 aromatic heterocycles. The maximum Gasteiger partial charge on any atom is 0.472 e. The molecule has 0 amide bonds. The molecule has 0 saturated carbocycles. The lowest BCUT2D eigenvalue weighted by atomic mass is 10.0. The topological polar surface area (TPSA) is 134 Å². The molecule has 0 spiro atoms. The van der Waals surface area contributed by atoms with Gasteiger partial charge in [-0.15, -0.1) is 0 Å². The molecule has 9 nitrogen and oxygen atoms in total. The molecule has 0 fully saturated rings. The maximum absolute atomic E-state index is 12.8. The van der Waals surface area contributed by atoms with E-state index in [1.54, 1.807) is 0 Å². The first-order valence-electron chi connectivity index (χ1n) is 35.5. The van der Waals surface area contributed by atoms with Gasteiger partial charge in [0.2, 0.25) is 0 Å². The van der Waals surface area contributed by atoms with Crippen molar-refractivity contribution in [3.05, 3.63) is 0 Å². The Hall–Kier alpha value is -0.990. The smallest absolute Gasteiger partial charge is 0.462 e. The number of carbonyl (C=O) groups is 2. The normalized spacial score (nSPS) is 12.8. The molecule has 0 saturated heterocycles. The number of esters is 2. The quantitative estimate of drug-likeness (QED) is 0.0347. The molecule has 2 unspecified atom stereocenters. The minimum absolute atomic E-state index is 0.0588. The second-order valence-corrected chi connectivity index (χ2v) is 25.9. The highest BCUT2D eigenvalue weighted by molar-refractivity contribution is 7.47. The van der Waals surface area contributed by atoms with Crippen molar-refractivity contribution < 1.29 is 37.6 Å². The van der Waals surface area contributed by atoms with Gasteiger partial charge in [0.1, 0.15) is 6.61 Å². The lowest BCUT2D eigenvalue weighted by molar-refractivity contribution is -0.161. The van der Waals surface area contributed by atoms with Crippen LogP contribution in [0, 0.1) is 0 Å². The predicted octanol–water partition coefficient (Wildman–Crippen LogP) is 23.0. The highest BCUT2D eigenvalue weighted by Crippen LogP contribution is 2.43. The zero-order valence-electron chi connectivity index (χ0n) is 53.2. The van der Waals surface area contributed by atoms with E-state index in [-0.39, 0.29) is 32.1 Å². The van der Waals surface area contributed by atoms with Crippen LogP contribution in [0.25, 0.3) is 0 Å². The number of nitrogens with two attached hydrogens (primary N) is 1. The van der Waals surface area contributed by atoms with Crippen molar-refractivity contribution in [3.63, 3.8) is 0 Å². The first-order valence-corrected chi connectivity index (χ1v) is 37.0. The number of hydrogen-bond donors (Lipinski definition) is 2. The summed E-state index contributed by atoms with van der Waals surface area (Å²) in [6.45, 7) is 3.84. The molecule has 0 heterocycles. The molecular formula is C69H138NO8P. The summed E-state index contributed by atoms with van der Waals surface area (Å²) in [6, 6.07) is 0. The molecular weight excluding hydrogens is 1000 g/mol. The van der Waals surface area contributed by atoms with Gasteiger partial charge < -0.3 is 20.1 Å². The predicted molar refractivity (Wildman–Crippen MR) is 340 cm³/mol. The van der Waals surface area contributed by atoms with Gasteiger partial charge in [-0.1, -0.05) is 373 Å².